The summed E-state index contributed by atoms with van der Waals surface area (Å²) in [5, 5.41) is 11.2. The van der Waals surface area contributed by atoms with E-state index in [2.05, 4.69) is 4.98 Å². The lowest BCUT2D eigenvalue weighted by molar-refractivity contribution is -0.140. The molecule has 1 saturated heterocycles. The van der Waals surface area contributed by atoms with Gasteiger partial charge >= 0.3 is 0 Å². The largest absolute Gasteiger partial charge is 0.507 e. The standard InChI is InChI=1S/C27H26N2O4/c1-17(2)33-22-13-12-20(15-18(22)3)25(30)23-24(19-9-5-4-6-10-19)29(27(32)26(23)31)16-21-11-7-8-14-28-21/h4-15,17,24,30H,16H2,1-3H3/b25-23-. The van der Waals surface area contributed by atoms with Crippen LogP contribution in [0.15, 0.2) is 78.5 Å². The number of benzene rings is 2. The molecule has 6 heteroatoms. The number of carbonyl (C=O) groups excluding carboxylic acids is 2. The van der Waals surface area contributed by atoms with Crippen LogP contribution in [0.2, 0.25) is 0 Å². The summed E-state index contributed by atoms with van der Waals surface area (Å²) >= 11 is 0. The van der Waals surface area contributed by atoms with Crippen molar-refractivity contribution in [2.75, 3.05) is 0 Å². The summed E-state index contributed by atoms with van der Waals surface area (Å²) in [6.07, 6.45) is 1.66. The van der Waals surface area contributed by atoms with Crippen LogP contribution in [0.5, 0.6) is 5.75 Å². The first-order valence-electron chi connectivity index (χ1n) is 10.9. The van der Waals surface area contributed by atoms with E-state index in [4.69, 9.17) is 4.74 Å². The molecule has 2 aromatic carbocycles. The first-order valence-corrected chi connectivity index (χ1v) is 10.9. The molecule has 3 aromatic rings. The molecule has 1 aliphatic heterocycles. The van der Waals surface area contributed by atoms with Crippen LogP contribution in [0.25, 0.3) is 5.76 Å². The number of hydrogen-bond donors (Lipinski definition) is 1. The lowest BCUT2D eigenvalue weighted by Crippen LogP contribution is -2.29. The van der Waals surface area contributed by atoms with Crippen molar-refractivity contribution in [2.45, 2.75) is 39.5 Å². The van der Waals surface area contributed by atoms with Gasteiger partial charge in [-0.1, -0.05) is 36.4 Å². The molecule has 0 spiro atoms. The van der Waals surface area contributed by atoms with E-state index < -0.39 is 17.7 Å². The lowest BCUT2D eigenvalue weighted by Gasteiger charge is -2.25. The van der Waals surface area contributed by atoms with Gasteiger partial charge in [-0.25, -0.2) is 0 Å². The van der Waals surface area contributed by atoms with Crippen LogP contribution in [-0.2, 0) is 16.1 Å². The summed E-state index contributed by atoms with van der Waals surface area (Å²) in [4.78, 5) is 32.0. The summed E-state index contributed by atoms with van der Waals surface area (Å²) in [7, 11) is 0. The third kappa shape index (κ3) is 4.51. The number of hydrogen-bond acceptors (Lipinski definition) is 5. The zero-order valence-electron chi connectivity index (χ0n) is 18.9. The molecule has 33 heavy (non-hydrogen) atoms. The maximum atomic E-state index is 13.1. The van der Waals surface area contributed by atoms with Gasteiger partial charge in [-0.2, -0.15) is 0 Å². The summed E-state index contributed by atoms with van der Waals surface area (Å²) in [5.41, 5.74) is 2.75. The van der Waals surface area contributed by atoms with Gasteiger partial charge in [-0.3, -0.25) is 14.6 Å². The van der Waals surface area contributed by atoms with Gasteiger partial charge in [0.2, 0.25) is 0 Å². The van der Waals surface area contributed by atoms with Crippen molar-refractivity contribution >= 4 is 17.4 Å². The van der Waals surface area contributed by atoms with Crippen molar-refractivity contribution < 1.29 is 19.4 Å². The molecule has 0 bridgehead atoms. The molecule has 1 N–H and O–H groups in total. The van der Waals surface area contributed by atoms with Crippen molar-refractivity contribution in [3.63, 3.8) is 0 Å². The molecule has 0 radical (unpaired) electrons. The summed E-state index contributed by atoms with van der Waals surface area (Å²) in [6.45, 7) is 5.91. The molecular weight excluding hydrogens is 416 g/mol. The third-order valence-corrected chi connectivity index (χ3v) is 5.52. The Morgan fingerprint density at radius 2 is 1.79 bits per heavy atom. The van der Waals surface area contributed by atoms with Crippen molar-refractivity contribution in [1.29, 1.82) is 0 Å². The van der Waals surface area contributed by atoms with Gasteiger partial charge in [-0.15, -0.1) is 0 Å². The maximum Gasteiger partial charge on any atom is 0.296 e. The van der Waals surface area contributed by atoms with Crippen molar-refractivity contribution in [3.8, 4) is 5.75 Å². The highest BCUT2D eigenvalue weighted by molar-refractivity contribution is 6.46. The van der Waals surface area contributed by atoms with Crippen LogP contribution in [0.4, 0.5) is 0 Å². The Labute approximate surface area is 193 Å². The van der Waals surface area contributed by atoms with E-state index in [-0.39, 0.29) is 24.0 Å². The number of aromatic nitrogens is 1. The van der Waals surface area contributed by atoms with E-state index >= 15 is 0 Å². The van der Waals surface area contributed by atoms with Crippen LogP contribution >= 0.6 is 0 Å². The summed E-state index contributed by atoms with van der Waals surface area (Å²) < 4.78 is 5.78. The molecule has 0 saturated carbocycles. The van der Waals surface area contributed by atoms with Gasteiger partial charge in [0.1, 0.15) is 11.5 Å². The first kappa shape index (κ1) is 22.3. The first-order chi connectivity index (χ1) is 15.9. The second kappa shape index (κ2) is 9.28. The molecule has 1 fully saturated rings. The van der Waals surface area contributed by atoms with Gasteiger partial charge in [0.15, 0.2) is 0 Å². The number of rotatable bonds is 6. The molecule has 2 heterocycles. The van der Waals surface area contributed by atoms with Crippen LogP contribution < -0.4 is 4.74 Å². The smallest absolute Gasteiger partial charge is 0.296 e. The number of ketones is 1. The van der Waals surface area contributed by atoms with Gasteiger partial charge < -0.3 is 14.7 Å². The van der Waals surface area contributed by atoms with E-state index in [1.54, 1.807) is 36.5 Å². The average Bonchev–Trinajstić information content (AvgIpc) is 3.06. The topological polar surface area (TPSA) is 79.7 Å². The Morgan fingerprint density at radius 1 is 1.06 bits per heavy atom. The van der Waals surface area contributed by atoms with Gasteiger partial charge in [0.25, 0.3) is 11.7 Å². The van der Waals surface area contributed by atoms with Crippen LogP contribution in [-0.4, -0.2) is 32.8 Å². The minimum absolute atomic E-state index is 0.0122. The number of likely N-dealkylation sites (tertiary alicyclic amines) is 1. The predicted molar refractivity (Wildman–Crippen MR) is 125 cm³/mol. The maximum absolute atomic E-state index is 13.1. The second-order valence-corrected chi connectivity index (χ2v) is 8.31. The number of aliphatic hydroxyl groups excluding tert-OH is 1. The normalized spacial score (nSPS) is 17.6. The molecule has 0 aliphatic carbocycles. The van der Waals surface area contributed by atoms with E-state index in [9.17, 15) is 14.7 Å². The summed E-state index contributed by atoms with van der Waals surface area (Å²) in [5.74, 6) is -0.869. The molecule has 1 aliphatic rings. The highest BCUT2D eigenvalue weighted by Crippen LogP contribution is 2.40. The zero-order valence-corrected chi connectivity index (χ0v) is 18.9. The monoisotopic (exact) mass is 442 g/mol. The number of amides is 1. The molecule has 1 aromatic heterocycles. The molecular formula is C27H26N2O4. The Hall–Kier alpha value is -3.93. The minimum Gasteiger partial charge on any atom is -0.507 e. The number of carbonyl (C=O) groups is 2. The number of nitrogens with zero attached hydrogens (tertiary/aromatic N) is 2. The fourth-order valence-corrected chi connectivity index (χ4v) is 4.03. The van der Waals surface area contributed by atoms with Crippen LogP contribution in [0.3, 0.4) is 0 Å². The Kier molecular flexibility index (Phi) is 6.27. The fourth-order valence-electron chi connectivity index (χ4n) is 4.03. The molecule has 1 amide bonds. The van der Waals surface area contributed by atoms with E-state index in [1.807, 2.05) is 57.2 Å². The number of ether oxygens (including phenoxy) is 1. The van der Waals surface area contributed by atoms with Crippen molar-refractivity contribution in [3.05, 3.63) is 101 Å². The van der Waals surface area contributed by atoms with Crippen molar-refractivity contribution in [2.24, 2.45) is 0 Å². The van der Waals surface area contributed by atoms with Crippen LogP contribution in [0.1, 0.15) is 42.3 Å². The Balaban J connectivity index is 1.81. The quantitative estimate of drug-likeness (QED) is 0.337. The minimum atomic E-state index is -0.722. The van der Waals surface area contributed by atoms with E-state index in [1.165, 1.54) is 4.90 Å². The molecule has 4 rings (SSSR count). The third-order valence-electron chi connectivity index (χ3n) is 5.52. The average molecular weight is 443 g/mol. The fraction of sp³-hybridized carbons (Fsp3) is 0.222. The van der Waals surface area contributed by atoms with E-state index in [0.29, 0.717) is 17.0 Å². The van der Waals surface area contributed by atoms with Crippen LogP contribution in [0, 0.1) is 6.92 Å². The van der Waals surface area contributed by atoms with Gasteiger partial charge in [-0.05, 0) is 62.2 Å². The molecule has 1 unspecified atom stereocenters. The molecule has 168 valence electrons. The summed E-state index contributed by atoms with van der Waals surface area (Å²) in [6, 6.07) is 19.2. The van der Waals surface area contributed by atoms with Gasteiger partial charge in [0, 0.05) is 11.8 Å². The SMILES string of the molecule is Cc1cc(/C(O)=C2/C(=O)C(=O)N(Cc3ccccn3)C2c2ccccc2)ccc1OC(C)C. The molecule has 1 atom stereocenters. The lowest BCUT2D eigenvalue weighted by atomic mass is 9.94. The number of aliphatic hydroxyl groups is 1. The number of aryl methyl sites for hydroxylation is 1. The van der Waals surface area contributed by atoms with E-state index in [0.717, 1.165) is 11.1 Å². The second-order valence-electron chi connectivity index (χ2n) is 8.31. The Bertz CT molecular complexity index is 1200. The predicted octanol–water partition coefficient (Wildman–Crippen LogP) is 4.80. The highest BCUT2D eigenvalue weighted by Gasteiger charge is 2.46. The van der Waals surface area contributed by atoms with Gasteiger partial charge in [0.05, 0.1) is 30.0 Å². The zero-order chi connectivity index (χ0) is 23.5. The molecule has 6 nitrogen and oxygen atoms in total. The number of pyridine rings is 1. The number of Topliss-reactive ketones (excluding diaryl/α,β-unsaturated/α-hetero) is 1. The Morgan fingerprint density at radius 3 is 2.42 bits per heavy atom. The highest BCUT2D eigenvalue weighted by atomic mass is 16.5. The van der Waals surface area contributed by atoms with Crippen molar-refractivity contribution in [1.82, 2.24) is 9.88 Å².